The van der Waals surface area contributed by atoms with Crippen molar-refractivity contribution in [2.45, 2.75) is 38.6 Å². The molecular weight excluding hydrogens is 328 g/mol. The highest BCUT2D eigenvalue weighted by molar-refractivity contribution is 6.31. The molecule has 3 rings (SSSR count). The number of rotatable bonds is 5. The SMILES string of the molecule is Cc1ccc(-n2ncc(C(=O)NC(C)C(N)=O)c2C2CC2)cc1Cl. The first-order chi connectivity index (χ1) is 11.4. The Balaban J connectivity index is 1.98. The van der Waals surface area contributed by atoms with E-state index in [2.05, 4.69) is 10.4 Å². The zero-order valence-electron chi connectivity index (χ0n) is 13.5. The number of hydrogen-bond acceptors (Lipinski definition) is 3. The van der Waals surface area contributed by atoms with E-state index in [0.29, 0.717) is 10.6 Å². The highest BCUT2D eigenvalue weighted by atomic mass is 35.5. The Morgan fingerprint density at radius 1 is 1.42 bits per heavy atom. The van der Waals surface area contributed by atoms with Crippen molar-refractivity contribution in [3.63, 3.8) is 0 Å². The molecule has 0 bridgehead atoms. The van der Waals surface area contributed by atoms with Gasteiger partial charge in [-0.1, -0.05) is 17.7 Å². The minimum Gasteiger partial charge on any atom is -0.368 e. The van der Waals surface area contributed by atoms with Crippen LogP contribution in [0, 0.1) is 6.92 Å². The average molecular weight is 347 g/mol. The number of aryl methyl sites for hydroxylation is 1. The number of nitrogens with zero attached hydrogens (tertiary/aromatic N) is 2. The molecule has 24 heavy (non-hydrogen) atoms. The third kappa shape index (κ3) is 3.14. The third-order valence-electron chi connectivity index (χ3n) is 4.19. The quantitative estimate of drug-likeness (QED) is 0.870. The number of benzene rings is 1. The van der Waals surface area contributed by atoms with Gasteiger partial charge in [0.2, 0.25) is 5.91 Å². The average Bonchev–Trinajstić information content (AvgIpc) is 3.28. The van der Waals surface area contributed by atoms with E-state index in [1.165, 1.54) is 6.20 Å². The van der Waals surface area contributed by atoms with Crippen LogP contribution in [-0.2, 0) is 4.79 Å². The lowest BCUT2D eigenvalue weighted by Crippen LogP contribution is -2.42. The predicted octanol–water partition coefficient (Wildman–Crippen LogP) is 2.32. The summed E-state index contributed by atoms with van der Waals surface area (Å²) in [6.07, 6.45) is 3.55. The molecule has 1 unspecified atom stereocenters. The summed E-state index contributed by atoms with van der Waals surface area (Å²) >= 11 is 6.21. The number of primary amides is 1. The van der Waals surface area contributed by atoms with E-state index in [0.717, 1.165) is 29.8 Å². The summed E-state index contributed by atoms with van der Waals surface area (Å²) in [6, 6.07) is 4.95. The van der Waals surface area contributed by atoms with Gasteiger partial charge < -0.3 is 11.1 Å². The highest BCUT2D eigenvalue weighted by Gasteiger charge is 2.33. The topological polar surface area (TPSA) is 90.0 Å². The maximum atomic E-state index is 12.5. The molecule has 1 aliphatic rings. The minimum atomic E-state index is -0.735. The van der Waals surface area contributed by atoms with E-state index in [9.17, 15) is 9.59 Å². The standard InChI is InChI=1S/C17H19ClN4O2/c1-9-3-6-12(7-14(9)18)22-15(11-4-5-11)13(8-20-22)17(24)21-10(2)16(19)23/h3,6-8,10-11H,4-5H2,1-2H3,(H2,19,23)(H,21,24). The zero-order chi connectivity index (χ0) is 17.4. The number of halogens is 1. The van der Waals surface area contributed by atoms with Crippen LogP contribution in [-0.4, -0.2) is 27.6 Å². The van der Waals surface area contributed by atoms with Gasteiger partial charge >= 0.3 is 0 Å². The molecule has 1 aromatic heterocycles. The molecule has 0 saturated heterocycles. The van der Waals surface area contributed by atoms with Crippen LogP contribution >= 0.6 is 11.6 Å². The van der Waals surface area contributed by atoms with E-state index in [1.807, 2.05) is 25.1 Å². The normalized spacial score (nSPS) is 15.1. The smallest absolute Gasteiger partial charge is 0.255 e. The summed E-state index contributed by atoms with van der Waals surface area (Å²) < 4.78 is 1.76. The molecule has 3 N–H and O–H groups in total. The van der Waals surface area contributed by atoms with Gasteiger partial charge in [-0.25, -0.2) is 4.68 Å². The Labute approximate surface area is 145 Å². The predicted molar refractivity (Wildman–Crippen MR) is 91.4 cm³/mol. The van der Waals surface area contributed by atoms with Gasteiger partial charge in [-0.15, -0.1) is 0 Å². The first-order valence-corrected chi connectivity index (χ1v) is 8.21. The molecule has 1 aromatic carbocycles. The number of nitrogens with one attached hydrogen (secondary N) is 1. The maximum absolute atomic E-state index is 12.5. The van der Waals surface area contributed by atoms with Gasteiger partial charge in [0.05, 0.1) is 23.1 Å². The van der Waals surface area contributed by atoms with Gasteiger partial charge in [0.15, 0.2) is 0 Å². The number of amides is 2. The molecule has 7 heteroatoms. The van der Waals surface area contributed by atoms with Crippen molar-refractivity contribution < 1.29 is 9.59 Å². The van der Waals surface area contributed by atoms with Gasteiger partial charge in [-0.2, -0.15) is 5.10 Å². The van der Waals surface area contributed by atoms with Crippen molar-refractivity contribution >= 4 is 23.4 Å². The highest BCUT2D eigenvalue weighted by Crippen LogP contribution is 2.42. The summed E-state index contributed by atoms with van der Waals surface area (Å²) in [5, 5.41) is 7.63. The van der Waals surface area contributed by atoms with Crippen LogP contribution in [0.1, 0.15) is 47.3 Å². The fourth-order valence-corrected chi connectivity index (χ4v) is 2.72. The molecule has 2 amide bonds. The molecule has 126 valence electrons. The van der Waals surface area contributed by atoms with Gasteiger partial charge in [0.25, 0.3) is 5.91 Å². The summed E-state index contributed by atoms with van der Waals surface area (Å²) in [5.74, 6) is -0.626. The van der Waals surface area contributed by atoms with Crippen LogP contribution in [0.3, 0.4) is 0 Å². The number of carbonyl (C=O) groups is 2. The van der Waals surface area contributed by atoms with Crippen LogP contribution in [0.2, 0.25) is 5.02 Å². The molecule has 1 heterocycles. The fraction of sp³-hybridized carbons (Fsp3) is 0.353. The second kappa shape index (κ2) is 6.28. The minimum absolute atomic E-state index is 0.289. The van der Waals surface area contributed by atoms with Gasteiger partial charge in [-0.05, 0) is 44.4 Å². The van der Waals surface area contributed by atoms with Crippen molar-refractivity contribution in [3.8, 4) is 5.69 Å². The van der Waals surface area contributed by atoms with E-state index < -0.39 is 11.9 Å². The van der Waals surface area contributed by atoms with Crippen LogP contribution in [0.15, 0.2) is 24.4 Å². The molecule has 0 radical (unpaired) electrons. The monoisotopic (exact) mass is 346 g/mol. The third-order valence-corrected chi connectivity index (χ3v) is 4.60. The van der Waals surface area contributed by atoms with E-state index in [4.69, 9.17) is 17.3 Å². The first-order valence-electron chi connectivity index (χ1n) is 7.83. The zero-order valence-corrected chi connectivity index (χ0v) is 14.3. The lowest BCUT2D eigenvalue weighted by atomic mass is 10.1. The molecule has 1 saturated carbocycles. The Hall–Kier alpha value is -2.34. The second-order valence-corrected chi connectivity index (χ2v) is 6.57. The van der Waals surface area contributed by atoms with Crippen molar-refractivity contribution in [3.05, 3.63) is 46.2 Å². The van der Waals surface area contributed by atoms with Gasteiger partial charge in [0, 0.05) is 10.9 Å². The number of nitrogens with two attached hydrogens (primary N) is 1. The number of aromatic nitrogens is 2. The number of hydrogen-bond donors (Lipinski definition) is 2. The van der Waals surface area contributed by atoms with E-state index >= 15 is 0 Å². The Morgan fingerprint density at radius 3 is 2.71 bits per heavy atom. The lowest BCUT2D eigenvalue weighted by Gasteiger charge is -2.12. The van der Waals surface area contributed by atoms with Crippen molar-refractivity contribution in [1.82, 2.24) is 15.1 Å². The van der Waals surface area contributed by atoms with Crippen molar-refractivity contribution in [1.29, 1.82) is 0 Å². The molecule has 2 aromatic rings. The number of carbonyl (C=O) groups excluding carboxylic acids is 2. The van der Waals surface area contributed by atoms with Gasteiger partial charge in [0.1, 0.15) is 6.04 Å². The van der Waals surface area contributed by atoms with E-state index in [-0.39, 0.29) is 11.8 Å². The first kappa shape index (κ1) is 16.5. The molecule has 1 atom stereocenters. The molecule has 6 nitrogen and oxygen atoms in total. The van der Waals surface area contributed by atoms with Crippen LogP contribution in [0.25, 0.3) is 5.69 Å². The van der Waals surface area contributed by atoms with Crippen molar-refractivity contribution in [2.75, 3.05) is 0 Å². The van der Waals surface area contributed by atoms with Crippen LogP contribution in [0.4, 0.5) is 0 Å². The van der Waals surface area contributed by atoms with Gasteiger partial charge in [-0.3, -0.25) is 9.59 Å². The molecular formula is C17H19ClN4O2. The maximum Gasteiger partial charge on any atom is 0.255 e. The summed E-state index contributed by atoms with van der Waals surface area (Å²) in [7, 11) is 0. The largest absolute Gasteiger partial charge is 0.368 e. The second-order valence-electron chi connectivity index (χ2n) is 6.16. The fourth-order valence-electron chi connectivity index (χ4n) is 2.55. The Morgan fingerprint density at radius 2 is 2.12 bits per heavy atom. The Bertz CT molecular complexity index is 811. The van der Waals surface area contributed by atoms with Crippen molar-refractivity contribution in [2.24, 2.45) is 5.73 Å². The molecule has 1 fully saturated rings. The Kier molecular flexibility index (Phi) is 4.32. The lowest BCUT2D eigenvalue weighted by molar-refractivity contribution is -0.119. The summed E-state index contributed by atoms with van der Waals surface area (Å²) in [6.45, 7) is 3.49. The molecule has 0 aliphatic heterocycles. The van der Waals surface area contributed by atoms with E-state index in [1.54, 1.807) is 11.6 Å². The molecule has 1 aliphatic carbocycles. The van der Waals surface area contributed by atoms with Crippen LogP contribution < -0.4 is 11.1 Å². The molecule has 0 spiro atoms. The summed E-state index contributed by atoms with van der Waals surface area (Å²) in [4.78, 5) is 23.6. The summed E-state index contributed by atoms with van der Waals surface area (Å²) in [5.41, 5.74) is 8.33. The van der Waals surface area contributed by atoms with Crippen LogP contribution in [0.5, 0.6) is 0 Å².